The van der Waals surface area contributed by atoms with Gasteiger partial charge in [-0.3, -0.25) is 4.40 Å². The fourth-order valence-electron chi connectivity index (χ4n) is 1.58. The first-order valence-electron chi connectivity index (χ1n) is 4.36. The van der Waals surface area contributed by atoms with Crippen LogP contribution in [0.25, 0.3) is 5.52 Å². The van der Waals surface area contributed by atoms with Crippen molar-refractivity contribution in [2.24, 2.45) is 0 Å². The summed E-state index contributed by atoms with van der Waals surface area (Å²) in [6, 6.07) is 6.22. The molecule has 0 amide bonds. The normalized spacial score (nSPS) is 11.0. The summed E-state index contributed by atoms with van der Waals surface area (Å²) in [6.07, 6.45) is 0.956. The highest BCUT2D eigenvalue weighted by Gasteiger charge is 2.07. The van der Waals surface area contributed by atoms with Crippen molar-refractivity contribution >= 4 is 21.4 Å². The van der Waals surface area contributed by atoms with Crippen LogP contribution in [-0.2, 0) is 6.42 Å². The number of pyridine rings is 1. The third-order valence-electron chi connectivity index (χ3n) is 2.20. The van der Waals surface area contributed by atoms with Gasteiger partial charge in [-0.05, 0) is 35.0 Å². The van der Waals surface area contributed by atoms with Crippen LogP contribution in [0.5, 0.6) is 0 Å². The maximum Gasteiger partial charge on any atom is 0.132 e. The van der Waals surface area contributed by atoms with Gasteiger partial charge in [-0.1, -0.05) is 13.0 Å². The Labute approximate surface area is 85.7 Å². The van der Waals surface area contributed by atoms with Crippen molar-refractivity contribution in [1.82, 2.24) is 9.38 Å². The molecule has 0 aromatic carbocycles. The van der Waals surface area contributed by atoms with E-state index in [9.17, 15) is 0 Å². The molecule has 0 fully saturated rings. The summed E-state index contributed by atoms with van der Waals surface area (Å²) in [5.74, 6) is 1.11. The number of fused-ring (bicyclic) bond motifs is 1. The van der Waals surface area contributed by atoms with Crippen LogP contribution in [0, 0.1) is 6.92 Å². The van der Waals surface area contributed by atoms with Gasteiger partial charge in [-0.2, -0.15) is 0 Å². The summed E-state index contributed by atoms with van der Waals surface area (Å²) >= 11 is 3.46. The minimum atomic E-state index is 0.938. The lowest BCUT2D eigenvalue weighted by Crippen LogP contribution is -1.95. The number of nitrogens with zero attached hydrogens (tertiary/aromatic N) is 2. The molecular formula is C10H11BrN2. The molecule has 0 saturated carbocycles. The lowest BCUT2D eigenvalue weighted by Gasteiger charge is -2.01. The molecule has 0 unspecified atom stereocenters. The first-order chi connectivity index (χ1) is 6.24. The molecule has 0 aliphatic rings. The molecule has 0 aliphatic heterocycles. The average Bonchev–Trinajstić information content (AvgIpc) is 2.45. The van der Waals surface area contributed by atoms with Crippen molar-refractivity contribution in [3.05, 3.63) is 34.3 Å². The third kappa shape index (κ3) is 1.27. The molecule has 2 rings (SSSR count). The molecule has 0 saturated heterocycles. The second kappa shape index (κ2) is 3.14. The Kier molecular flexibility index (Phi) is 2.12. The lowest BCUT2D eigenvalue weighted by atomic mass is 10.3. The number of rotatable bonds is 1. The smallest absolute Gasteiger partial charge is 0.132 e. The van der Waals surface area contributed by atoms with E-state index in [2.05, 4.69) is 57.4 Å². The molecule has 0 radical (unpaired) electrons. The zero-order valence-electron chi connectivity index (χ0n) is 7.71. The van der Waals surface area contributed by atoms with Crippen molar-refractivity contribution in [2.45, 2.75) is 20.3 Å². The second-order valence-electron chi connectivity index (χ2n) is 3.06. The van der Waals surface area contributed by atoms with Crippen molar-refractivity contribution in [1.29, 1.82) is 0 Å². The van der Waals surface area contributed by atoms with Crippen molar-refractivity contribution in [3.8, 4) is 0 Å². The fourth-order valence-corrected chi connectivity index (χ4v) is 2.09. The zero-order valence-corrected chi connectivity index (χ0v) is 9.30. The van der Waals surface area contributed by atoms with Crippen molar-refractivity contribution in [3.63, 3.8) is 0 Å². The molecule has 68 valence electrons. The molecule has 2 aromatic rings. The van der Waals surface area contributed by atoms with Gasteiger partial charge in [0, 0.05) is 12.1 Å². The quantitative estimate of drug-likeness (QED) is 0.747. The van der Waals surface area contributed by atoms with Gasteiger partial charge >= 0.3 is 0 Å². The van der Waals surface area contributed by atoms with Gasteiger partial charge < -0.3 is 0 Å². The van der Waals surface area contributed by atoms with E-state index in [1.165, 1.54) is 5.69 Å². The SMILES string of the molecule is CCc1nc(Br)c2cccc(C)n12. The minimum Gasteiger partial charge on any atom is -0.300 e. The first-order valence-corrected chi connectivity index (χ1v) is 5.15. The van der Waals surface area contributed by atoms with Crippen LogP contribution in [0.1, 0.15) is 18.4 Å². The lowest BCUT2D eigenvalue weighted by molar-refractivity contribution is 0.907. The highest BCUT2D eigenvalue weighted by Crippen LogP contribution is 2.20. The fraction of sp³-hybridized carbons (Fsp3) is 0.300. The number of hydrogen-bond donors (Lipinski definition) is 0. The Morgan fingerprint density at radius 2 is 2.23 bits per heavy atom. The molecule has 0 atom stereocenters. The van der Waals surface area contributed by atoms with Crippen molar-refractivity contribution in [2.75, 3.05) is 0 Å². The van der Waals surface area contributed by atoms with E-state index < -0.39 is 0 Å². The maximum absolute atomic E-state index is 4.45. The van der Waals surface area contributed by atoms with E-state index >= 15 is 0 Å². The Morgan fingerprint density at radius 3 is 2.92 bits per heavy atom. The van der Waals surface area contributed by atoms with Crippen LogP contribution in [0.2, 0.25) is 0 Å². The van der Waals surface area contributed by atoms with Gasteiger partial charge in [0.2, 0.25) is 0 Å². The Hall–Kier alpha value is -0.830. The largest absolute Gasteiger partial charge is 0.300 e. The Balaban J connectivity index is 2.89. The zero-order chi connectivity index (χ0) is 9.42. The molecule has 0 aliphatic carbocycles. The summed E-state index contributed by atoms with van der Waals surface area (Å²) < 4.78 is 3.12. The van der Waals surface area contributed by atoms with E-state index in [4.69, 9.17) is 0 Å². The van der Waals surface area contributed by atoms with Gasteiger partial charge in [-0.15, -0.1) is 0 Å². The maximum atomic E-state index is 4.45. The highest BCUT2D eigenvalue weighted by molar-refractivity contribution is 9.10. The topological polar surface area (TPSA) is 17.3 Å². The van der Waals surface area contributed by atoms with E-state index in [0.29, 0.717) is 0 Å². The molecule has 0 N–H and O–H groups in total. The number of imidazole rings is 1. The summed E-state index contributed by atoms with van der Waals surface area (Å²) in [4.78, 5) is 4.45. The summed E-state index contributed by atoms with van der Waals surface area (Å²) in [6.45, 7) is 4.22. The van der Waals surface area contributed by atoms with Gasteiger partial charge in [0.25, 0.3) is 0 Å². The summed E-state index contributed by atoms with van der Waals surface area (Å²) in [5.41, 5.74) is 2.38. The van der Waals surface area contributed by atoms with Crippen LogP contribution >= 0.6 is 15.9 Å². The molecule has 2 heterocycles. The molecule has 0 bridgehead atoms. The Morgan fingerprint density at radius 1 is 1.46 bits per heavy atom. The van der Waals surface area contributed by atoms with Gasteiger partial charge in [0.05, 0.1) is 5.52 Å². The van der Waals surface area contributed by atoms with Crippen LogP contribution in [0.4, 0.5) is 0 Å². The highest BCUT2D eigenvalue weighted by atomic mass is 79.9. The summed E-state index contributed by atoms with van der Waals surface area (Å²) in [5, 5.41) is 0. The number of aryl methyl sites for hydroxylation is 2. The van der Waals surface area contributed by atoms with Crippen LogP contribution < -0.4 is 0 Å². The van der Waals surface area contributed by atoms with E-state index in [0.717, 1.165) is 22.4 Å². The van der Waals surface area contributed by atoms with Crippen LogP contribution in [0.15, 0.2) is 22.8 Å². The molecule has 2 aromatic heterocycles. The number of hydrogen-bond acceptors (Lipinski definition) is 1. The van der Waals surface area contributed by atoms with Gasteiger partial charge in [-0.25, -0.2) is 4.98 Å². The van der Waals surface area contributed by atoms with E-state index in [-0.39, 0.29) is 0 Å². The Bertz CT molecular complexity index is 445. The molecule has 3 heteroatoms. The minimum absolute atomic E-state index is 0.938. The number of aromatic nitrogens is 2. The van der Waals surface area contributed by atoms with Crippen LogP contribution in [0.3, 0.4) is 0 Å². The third-order valence-corrected chi connectivity index (χ3v) is 2.78. The standard InChI is InChI=1S/C10H11BrN2/c1-3-9-12-10(11)8-6-4-5-7(2)13(8)9/h4-6H,3H2,1-2H3. The van der Waals surface area contributed by atoms with E-state index in [1.807, 2.05) is 0 Å². The van der Waals surface area contributed by atoms with Crippen molar-refractivity contribution < 1.29 is 0 Å². The average molecular weight is 239 g/mol. The predicted octanol–water partition coefficient (Wildman–Crippen LogP) is 2.97. The first kappa shape index (κ1) is 8.75. The van der Waals surface area contributed by atoms with Gasteiger partial charge in [0.1, 0.15) is 10.4 Å². The second-order valence-corrected chi connectivity index (χ2v) is 3.81. The molecule has 2 nitrogen and oxygen atoms in total. The van der Waals surface area contributed by atoms with E-state index in [1.54, 1.807) is 0 Å². The van der Waals surface area contributed by atoms with Gasteiger partial charge in [0.15, 0.2) is 0 Å². The molecule has 13 heavy (non-hydrogen) atoms. The van der Waals surface area contributed by atoms with Crippen LogP contribution in [-0.4, -0.2) is 9.38 Å². The monoisotopic (exact) mass is 238 g/mol. The number of halogens is 1. The molecule has 0 spiro atoms. The summed E-state index contributed by atoms with van der Waals surface area (Å²) in [7, 11) is 0. The predicted molar refractivity (Wildman–Crippen MR) is 57.0 cm³/mol. The molecular weight excluding hydrogens is 228 g/mol.